The molecule has 0 saturated heterocycles. The molecule has 0 heterocycles. The maximum Gasteiger partial charge on any atom is 0.233 e. The maximum absolute atomic E-state index is 13.0. The fourth-order valence-corrected chi connectivity index (χ4v) is 3.26. The second kappa shape index (κ2) is 7.48. The molecule has 138 valence electrons. The van der Waals surface area contributed by atoms with Crippen LogP contribution >= 0.6 is 0 Å². The fourth-order valence-electron chi connectivity index (χ4n) is 3.26. The molecule has 2 aromatic carbocycles. The minimum atomic E-state index is -0.423. The number of carbonyl (C=O) groups is 2. The van der Waals surface area contributed by atoms with E-state index in [0.717, 1.165) is 23.1 Å². The zero-order valence-electron chi connectivity index (χ0n) is 16.5. The predicted octanol–water partition coefficient (Wildman–Crippen LogP) is 5.56. The molecule has 0 saturated carbocycles. The zero-order valence-corrected chi connectivity index (χ0v) is 16.5. The number of allylic oxidation sites excluding steroid dienone is 4. The lowest BCUT2D eigenvalue weighted by Gasteiger charge is -2.22. The van der Waals surface area contributed by atoms with Gasteiger partial charge in [-0.05, 0) is 43.2 Å². The summed E-state index contributed by atoms with van der Waals surface area (Å²) < 4.78 is 0. The van der Waals surface area contributed by atoms with Gasteiger partial charge in [0.15, 0.2) is 0 Å². The van der Waals surface area contributed by atoms with Crippen LogP contribution in [-0.2, 0) is 11.2 Å². The molecular formula is C25H26O2. The van der Waals surface area contributed by atoms with Crippen molar-refractivity contribution >= 4 is 11.6 Å². The van der Waals surface area contributed by atoms with Gasteiger partial charge in [-0.1, -0.05) is 85.7 Å². The predicted molar refractivity (Wildman–Crippen MR) is 110 cm³/mol. The van der Waals surface area contributed by atoms with Gasteiger partial charge in [0.1, 0.15) is 0 Å². The normalized spacial score (nSPS) is 15.3. The first-order chi connectivity index (χ1) is 12.7. The van der Waals surface area contributed by atoms with Crippen LogP contribution < -0.4 is 0 Å². The highest BCUT2D eigenvalue weighted by Gasteiger charge is 2.25. The van der Waals surface area contributed by atoms with Crippen molar-refractivity contribution in [2.45, 2.75) is 40.5 Å². The zero-order chi connectivity index (χ0) is 19.6. The highest BCUT2D eigenvalue weighted by molar-refractivity contribution is 6.50. The van der Waals surface area contributed by atoms with Crippen molar-refractivity contribution in [2.24, 2.45) is 5.41 Å². The third-order valence-electron chi connectivity index (χ3n) is 5.05. The van der Waals surface area contributed by atoms with Crippen LogP contribution in [0.25, 0.3) is 0 Å². The molecule has 0 fully saturated rings. The van der Waals surface area contributed by atoms with E-state index in [1.807, 2.05) is 31.2 Å². The summed E-state index contributed by atoms with van der Waals surface area (Å²) in [6.45, 7) is 8.28. The van der Waals surface area contributed by atoms with Gasteiger partial charge in [0.25, 0.3) is 0 Å². The van der Waals surface area contributed by atoms with Gasteiger partial charge in [-0.15, -0.1) is 0 Å². The highest BCUT2D eigenvalue weighted by Crippen LogP contribution is 2.29. The molecule has 2 nitrogen and oxygen atoms in total. The second-order valence-corrected chi connectivity index (χ2v) is 8.17. The Hall–Kier alpha value is -2.74. The number of hydrogen-bond donors (Lipinski definition) is 0. The molecule has 0 amide bonds. The lowest BCUT2D eigenvalue weighted by atomic mass is 9.82. The number of rotatable bonds is 5. The molecule has 0 atom stereocenters. The molecule has 0 aliphatic heterocycles. The first kappa shape index (κ1) is 19.0. The number of aryl methyl sites for hydroxylation is 2. The summed E-state index contributed by atoms with van der Waals surface area (Å²) in [6.07, 6.45) is 7.09. The van der Waals surface area contributed by atoms with Crippen LogP contribution in [-0.4, -0.2) is 11.6 Å². The largest absolute Gasteiger partial charge is 0.285 e. The van der Waals surface area contributed by atoms with E-state index in [9.17, 15) is 9.59 Å². The Morgan fingerprint density at radius 2 is 1.59 bits per heavy atom. The summed E-state index contributed by atoms with van der Waals surface area (Å²) in [4.78, 5) is 25.7. The van der Waals surface area contributed by atoms with Gasteiger partial charge in [0, 0.05) is 11.1 Å². The van der Waals surface area contributed by atoms with Crippen LogP contribution in [0.15, 0.2) is 66.3 Å². The highest BCUT2D eigenvalue weighted by atomic mass is 16.2. The van der Waals surface area contributed by atoms with E-state index in [1.165, 1.54) is 5.56 Å². The van der Waals surface area contributed by atoms with Gasteiger partial charge >= 0.3 is 0 Å². The SMILES string of the molecule is Cc1ccc(Cc2cc(C)ccc2C(=O)C(=O)C2=CCC(C)(C)C=C2)cc1. The molecule has 1 aliphatic rings. The molecule has 0 radical (unpaired) electrons. The Labute approximate surface area is 161 Å². The number of benzene rings is 2. The molecule has 0 bridgehead atoms. The lowest BCUT2D eigenvalue weighted by Crippen LogP contribution is -2.20. The van der Waals surface area contributed by atoms with Crippen molar-refractivity contribution in [1.82, 2.24) is 0 Å². The van der Waals surface area contributed by atoms with Crippen molar-refractivity contribution in [3.05, 3.63) is 94.1 Å². The van der Waals surface area contributed by atoms with E-state index in [-0.39, 0.29) is 5.41 Å². The van der Waals surface area contributed by atoms with E-state index in [4.69, 9.17) is 0 Å². The van der Waals surface area contributed by atoms with E-state index in [1.54, 1.807) is 12.1 Å². The average molecular weight is 358 g/mol. The second-order valence-electron chi connectivity index (χ2n) is 8.17. The van der Waals surface area contributed by atoms with E-state index < -0.39 is 11.6 Å². The monoisotopic (exact) mass is 358 g/mol. The lowest BCUT2D eigenvalue weighted by molar-refractivity contribution is -0.111. The first-order valence-electron chi connectivity index (χ1n) is 9.39. The summed E-state index contributed by atoms with van der Waals surface area (Å²) in [5, 5.41) is 0. The Morgan fingerprint density at radius 3 is 2.22 bits per heavy atom. The van der Waals surface area contributed by atoms with Crippen molar-refractivity contribution in [1.29, 1.82) is 0 Å². The average Bonchev–Trinajstić information content (AvgIpc) is 2.63. The molecule has 0 unspecified atom stereocenters. The van der Waals surface area contributed by atoms with Gasteiger partial charge in [-0.2, -0.15) is 0 Å². The van der Waals surface area contributed by atoms with Gasteiger partial charge in [0.2, 0.25) is 11.6 Å². The van der Waals surface area contributed by atoms with Gasteiger partial charge in [0.05, 0.1) is 0 Å². The Balaban J connectivity index is 1.88. The third-order valence-corrected chi connectivity index (χ3v) is 5.05. The Kier molecular flexibility index (Phi) is 5.27. The molecule has 1 aliphatic carbocycles. The number of hydrogen-bond acceptors (Lipinski definition) is 2. The quantitative estimate of drug-likeness (QED) is 0.518. The summed E-state index contributed by atoms with van der Waals surface area (Å²) in [7, 11) is 0. The van der Waals surface area contributed by atoms with Gasteiger partial charge < -0.3 is 0 Å². The van der Waals surface area contributed by atoms with Crippen LogP contribution in [0, 0.1) is 19.3 Å². The summed E-state index contributed by atoms with van der Waals surface area (Å²) >= 11 is 0. The van der Waals surface area contributed by atoms with Crippen LogP contribution in [0.1, 0.15) is 52.9 Å². The van der Waals surface area contributed by atoms with Crippen LogP contribution in [0.5, 0.6) is 0 Å². The third kappa shape index (κ3) is 4.51. The molecule has 27 heavy (non-hydrogen) atoms. The number of Topliss-reactive ketones (excluding diaryl/α,β-unsaturated/α-hetero) is 2. The van der Waals surface area contributed by atoms with Crippen molar-refractivity contribution < 1.29 is 9.59 Å². The van der Waals surface area contributed by atoms with E-state index >= 15 is 0 Å². The van der Waals surface area contributed by atoms with Crippen molar-refractivity contribution in [2.75, 3.05) is 0 Å². The summed E-state index contributed by atoms with van der Waals surface area (Å²) in [5.41, 5.74) is 5.36. The molecular weight excluding hydrogens is 332 g/mol. The fraction of sp³-hybridized carbons (Fsp3) is 0.280. The Morgan fingerprint density at radius 1 is 0.926 bits per heavy atom. The molecule has 0 spiro atoms. The van der Waals surface area contributed by atoms with Gasteiger partial charge in [-0.25, -0.2) is 0 Å². The van der Waals surface area contributed by atoms with Crippen molar-refractivity contribution in [3.63, 3.8) is 0 Å². The summed E-state index contributed by atoms with van der Waals surface area (Å²) in [5.74, 6) is -0.844. The standard InChI is InChI=1S/C25H26O2/c1-17-5-8-19(9-6-17)16-21-15-18(2)7-10-22(21)24(27)23(26)20-11-13-25(3,4)14-12-20/h5-13,15H,14,16H2,1-4H3. The first-order valence-corrected chi connectivity index (χ1v) is 9.39. The van der Waals surface area contributed by atoms with E-state index in [0.29, 0.717) is 17.6 Å². The maximum atomic E-state index is 13.0. The minimum absolute atomic E-state index is 0.0350. The van der Waals surface area contributed by atoms with Crippen LogP contribution in [0.4, 0.5) is 0 Å². The number of carbonyl (C=O) groups excluding carboxylic acids is 2. The van der Waals surface area contributed by atoms with Gasteiger partial charge in [-0.3, -0.25) is 9.59 Å². The molecule has 2 aromatic rings. The minimum Gasteiger partial charge on any atom is -0.285 e. The topological polar surface area (TPSA) is 34.1 Å². The molecule has 0 aromatic heterocycles. The van der Waals surface area contributed by atoms with Crippen LogP contribution in [0.2, 0.25) is 0 Å². The molecule has 0 N–H and O–H groups in total. The smallest absolute Gasteiger partial charge is 0.233 e. The van der Waals surface area contributed by atoms with E-state index in [2.05, 4.69) is 45.0 Å². The number of ketones is 2. The molecule has 3 rings (SSSR count). The molecule has 2 heteroatoms. The van der Waals surface area contributed by atoms with Crippen LogP contribution in [0.3, 0.4) is 0 Å². The van der Waals surface area contributed by atoms with Crippen molar-refractivity contribution in [3.8, 4) is 0 Å². The summed E-state index contributed by atoms with van der Waals surface area (Å²) in [6, 6.07) is 14.0. The Bertz CT molecular complexity index is 941.